The zero-order chi connectivity index (χ0) is 35.0. The van der Waals surface area contributed by atoms with Crippen LogP contribution in [0.1, 0.15) is 33.6 Å². The van der Waals surface area contributed by atoms with E-state index in [1.807, 2.05) is 0 Å². The molecule has 252 valence electrons. The molecule has 0 aliphatic carbocycles. The van der Waals surface area contributed by atoms with E-state index in [1.54, 1.807) is 25.1 Å². The van der Waals surface area contributed by atoms with Crippen LogP contribution in [-0.4, -0.2) is 59.3 Å². The number of ether oxygens (including phenoxy) is 3. The predicted octanol–water partition coefficient (Wildman–Crippen LogP) is 4.45. The summed E-state index contributed by atoms with van der Waals surface area (Å²) in [5, 5.41) is 13.3. The Kier molecular flexibility index (Phi) is 9.25. The summed E-state index contributed by atoms with van der Waals surface area (Å²) in [6.45, 7) is 1.53. The molecule has 4 aromatic rings. The fraction of sp³-hybridized carbons (Fsp3) is 0.242. The molecular weight excluding hydrogens is 677 g/mol. The predicted molar refractivity (Wildman–Crippen MR) is 180 cm³/mol. The Morgan fingerprint density at radius 1 is 0.939 bits per heavy atom. The summed E-state index contributed by atoms with van der Waals surface area (Å²) in [6.07, 6.45) is 0. The maximum atomic E-state index is 14.1. The number of non-ortho nitro benzene ring substituents is 1. The van der Waals surface area contributed by atoms with Gasteiger partial charge in [0.1, 0.15) is 11.8 Å². The first-order valence-electron chi connectivity index (χ1n) is 14.9. The number of nitro benzene ring substituents is 1. The van der Waals surface area contributed by atoms with Crippen molar-refractivity contribution >= 4 is 63.9 Å². The average Bonchev–Trinajstić information content (AvgIpc) is 3.54. The van der Waals surface area contributed by atoms with Crippen LogP contribution in [0.3, 0.4) is 0 Å². The number of methoxy groups -OCH3 is 2. The monoisotopic (exact) mass is 704 g/mol. The van der Waals surface area contributed by atoms with Crippen LogP contribution in [-0.2, 0) is 25.7 Å². The van der Waals surface area contributed by atoms with E-state index in [1.165, 1.54) is 67.3 Å². The third-order valence-corrected chi connectivity index (χ3v) is 10.7. The highest BCUT2D eigenvalue weighted by Gasteiger charge is 2.57. The Hall–Kier alpha value is -5.48. The molecule has 3 aromatic carbocycles. The Morgan fingerprint density at radius 3 is 2.27 bits per heavy atom. The number of imide groups is 1. The van der Waals surface area contributed by atoms with Crippen molar-refractivity contribution in [3.8, 4) is 11.5 Å². The molecule has 6 rings (SSSR count). The molecule has 0 spiro atoms. The standard InChI is InChI=1S/C33H28N4O10S2/c1-4-47-32(41)17-5-8-19(9-6-17)34-24(38)16-35-31-28(49-33(35)42)25(18-7-14-22(45-2)23(15-18)46-3)26-27(48-31)30(40)36(29(26)39)20-10-12-21(13-11-20)37(43)44/h5-15,25-27H,4,16H2,1-3H3,(H,34,38)/t25-,26?,27?/m0/s1. The van der Waals surface area contributed by atoms with Gasteiger partial charge in [0.2, 0.25) is 17.7 Å². The fourth-order valence-corrected chi connectivity index (χ4v) is 8.66. The lowest BCUT2D eigenvalue weighted by Gasteiger charge is -2.31. The van der Waals surface area contributed by atoms with Gasteiger partial charge in [-0.2, -0.15) is 0 Å². The number of aromatic nitrogens is 1. The molecule has 16 heteroatoms. The second kappa shape index (κ2) is 13.6. The second-order valence-corrected chi connectivity index (χ2v) is 13.0. The van der Waals surface area contributed by atoms with Crippen LogP contribution in [0.4, 0.5) is 17.1 Å². The van der Waals surface area contributed by atoms with Crippen molar-refractivity contribution in [2.75, 3.05) is 31.0 Å². The van der Waals surface area contributed by atoms with Gasteiger partial charge >= 0.3 is 10.8 Å². The molecule has 1 fully saturated rings. The molecule has 0 saturated carbocycles. The lowest BCUT2D eigenvalue weighted by Crippen LogP contribution is -2.33. The number of nitrogens with zero attached hydrogens (tertiary/aromatic N) is 3. The first kappa shape index (κ1) is 33.4. The Balaban J connectivity index is 1.37. The summed E-state index contributed by atoms with van der Waals surface area (Å²) in [6, 6.07) is 16.3. The Bertz CT molecular complexity index is 2040. The highest BCUT2D eigenvalue weighted by Crippen LogP contribution is 2.54. The minimum atomic E-state index is -0.980. The third kappa shape index (κ3) is 6.15. The number of rotatable bonds is 10. The van der Waals surface area contributed by atoms with Gasteiger partial charge in [-0.3, -0.25) is 33.9 Å². The summed E-state index contributed by atoms with van der Waals surface area (Å²) in [4.78, 5) is 78.5. The molecule has 1 N–H and O–H groups in total. The Morgan fingerprint density at radius 2 is 1.63 bits per heavy atom. The molecule has 2 unspecified atom stereocenters. The molecule has 3 atom stereocenters. The van der Waals surface area contributed by atoms with Gasteiger partial charge in [-0.1, -0.05) is 29.2 Å². The quantitative estimate of drug-likeness (QED) is 0.107. The van der Waals surface area contributed by atoms with Crippen molar-refractivity contribution in [1.82, 2.24) is 4.57 Å². The largest absolute Gasteiger partial charge is 0.493 e. The number of nitrogens with one attached hydrogen (secondary N) is 1. The van der Waals surface area contributed by atoms with E-state index < -0.39 is 50.6 Å². The molecule has 0 radical (unpaired) electrons. The Labute approximate surface area is 286 Å². The van der Waals surface area contributed by atoms with Gasteiger partial charge in [-0.05, 0) is 61.0 Å². The maximum absolute atomic E-state index is 14.1. The van der Waals surface area contributed by atoms with Gasteiger partial charge < -0.3 is 19.5 Å². The molecular formula is C33H28N4O10S2. The molecule has 3 amide bonds. The molecule has 0 bridgehead atoms. The van der Waals surface area contributed by atoms with Crippen LogP contribution < -0.4 is 24.6 Å². The summed E-state index contributed by atoms with van der Waals surface area (Å²) < 4.78 is 17.2. The van der Waals surface area contributed by atoms with Gasteiger partial charge in [0.05, 0.1) is 47.9 Å². The summed E-state index contributed by atoms with van der Waals surface area (Å²) in [5.74, 6) is -3.02. The van der Waals surface area contributed by atoms with Crippen LogP contribution >= 0.6 is 23.1 Å². The second-order valence-electron chi connectivity index (χ2n) is 10.9. The molecule has 14 nitrogen and oxygen atoms in total. The number of carbonyl (C=O) groups is 4. The lowest BCUT2D eigenvalue weighted by molar-refractivity contribution is -0.384. The molecule has 2 aliphatic heterocycles. The van der Waals surface area contributed by atoms with Crippen molar-refractivity contribution in [1.29, 1.82) is 0 Å². The van der Waals surface area contributed by atoms with Crippen LogP contribution in [0.2, 0.25) is 0 Å². The SMILES string of the molecule is CCOC(=O)c1ccc(NC(=O)Cn2c3c(sc2=O)[C@@H](c2ccc(OC)c(OC)c2)C2C(=O)N(c4ccc([N+](=O)[O-])cc4)C(=O)C2S3)cc1. The minimum Gasteiger partial charge on any atom is -0.493 e. The number of anilines is 2. The van der Waals surface area contributed by atoms with Crippen molar-refractivity contribution in [3.05, 3.63) is 103 Å². The van der Waals surface area contributed by atoms with Gasteiger partial charge in [0.15, 0.2) is 11.5 Å². The highest BCUT2D eigenvalue weighted by atomic mass is 32.2. The highest BCUT2D eigenvalue weighted by molar-refractivity contribution is 8.00. The first-order valence-corrected chi connectivity index (χ1v) is 16.6. The number of esters is 1. The summed E-state index contributed by atoms with van der Waals surface area (Å²) in [7, 11) is 2.95. The number of benzene rings is 3. The van der Waals surface area contributed by atoms with Crippen molar-refractivity contribution in [2.45, 2.75) is 29.7 Å². The summed E-state index contributed by atoms with van der Waals surface area (Å²) >= 11 is 1.91. The number of thiazole rings is 1. The smallest absolute Gasteiger partial charge is 0.338 e. The number of fused-ring (bicyclic) bond motifs is 2. The minimum absolute atomic E-state index is 0.177. The first-order chi connectivity index (χ1) is 23.6. The van der Waals surface area contributed by atoms with E-state index in [0.29, 0.717) is 38.2 Å². The fourth-order valence-electron chi connectivity index (χ4n) is 5.89. The zero-order valence-corrected chi connectivity index (χ0v) is 27.9. The van der Waals surface area contributed by atoms with E-state index in [-0.39, 0.29) is 24.5 Å². The number of nitro groups is 1. The number of thioether (sulfide) groups is 1. The topological polar surface area (TPSA) is 176 Å². The zero-order valence-electron chi connectivity index (χ0n) is 26.2. The van der Waals surface area contributed by atoms with Gasteiger partial charge in [0, 0.05) is 28.6 Å². The van der Waals surface area contributed by atoms with E-state index in [2.05, 4.69) is 5.32 Å². The third-order valence-electron chi connectivity index (χ3n) is 8.12. The number of amides is 3. The molecule has 1 saturated heterocycles. The number of carbonyl (C=O) groups excluding carboxylic acids is 4. The molecule has 2 aliphatic rings. The molecule has 1 aromatic heterocycles. The average molecular weight is 705 g/mol. The van der Waals surface area contributed by atoms with Crippen LogP contribution in [0, 0.1) is 16.0 Å². The maximum Gasteiger partial charge on any atom is 0.338 e. The number of hydrogen-bond acceptors (Lipinski definition) is 12. The van der Waals surface area contributed by atoms with Crippen LogP contribution in [0.15, 0.2) is 76.6 Å². The van der Waals surface area contributed by atoms with Gasteiger partial charge in [0.25, 0.3) is 5.69 Å². The van der Waals surface area contributed by atoms with Crippen LogP contribution in [0.25, 0.3) is 0 Å². The van der Waals surface area contributed by atoms with Gasteiger partial charge in [-0.25, -0.2) is 9.69 Å². The van der Waals surface area contributed by atoms with Gasteiger partial charge in [-0.15, -0.1) is 0 Å². The molecule has 3 heterocycles. The van der Waals surface area contributed by atoms with Crippen molar-refractivity contribution < 1.29 is 38.3 Å². The number of hydrogen-bond donors (Lipinski definition) is 1. The van der Waals surface area contributed by atoms with E-state index in [4.69, 9.17) is 14.2 Å². The van der Waals surface area contributed by atoms with Crippen molar-refractivity contribution in [2.24, 2.45) is 5.92 Å². The van der Waals surface area contributed by atoms with Crippen molar-refractivity contribution in [3.63, 3.8) is 0 Å². The summed E-state index contributed by atoms with van der Waals surface area (Å²) in [5.41, 5.74) is 1.27. The lowest BCUT2D eigenvalue weighted by atomic mass is 9.83. The normalized spacial score (nSPS) is 18.0. The van der Waals surface area contributed by atoms with Crippen LogP contribution in [0.5, 0.6) is 11.5 Å². The van der Waals surface area contributed by atoms with E-state index in [9.17, 15) is 34.1 Å². The molecule has 49 heavy (non-hydrogen) atoms. The van der Waals surface area contributed by atoms with E-state index >= 15 is 0 Å². The van der Waals surface area contributed by atoms with E-state index in [0.717, 1.165) is 28.0 Å².